The van der Waals surface area contributed by atoms with Crippen molar-refractivity contribution >= 4 is 11.0 Å². The fourth-order valence-corrected chi connectivity index (χ4v) is 2.25. The van der Waals surface area contributed by atoms with Crippen LogP contribution in [0.25, 0.3) is 22.4 Å². The van der Waals surface area contributed by atoms with Crippen molar-refractivity contribution < 1.29 is 23.0 Å². The van der Waals surface area contributed by atoms with Gasteiger partial charge in [-0.15, -0.1) is 13.2 Å². The van der Waals surface area contributed by atoms with Gasteiger partial charge in [0, 0.05) is 18.7 Å². The first kappa shape index (κ1) is 14.2. The Morgan fingerprint density at radius 3 is 2.41 bits per heavy atom. The molecule has 1 N–H and O–H groups in total. The molecule has 0 saturated heterocycles. The highest BCUT2D eigenvalue weighted by Gasteiger charge is 2.31. The van der Waals surface area contributed by atoms with Crippen molar-refractivity contribution in [1.29, 1.82) is 0 Å². The number of alkyl halides is 3. The van der Waals surface area contributed by atoms with E-state index in [-0.39, 0.29) is 11.5 Å². The number of nitrogens with zero attached hydrogens (tertiary/aromatic N) is 2. The van der Waals surface area contributed by atoms with Crippen LogP contribution in [0.15, 0.2) is 42.5 Å². The molecule has 3 rings (SSSR count). The van der Waals surface area contributed by atoms with Crippen LogP contribution in [0.3, 0.4) is 0 Å². The summed E-state index contributed by atoms with van der Waals surface area (Å²) in [6.07, 6.45) is -4.71. The summed E-state index contributed by atoms with van der Waals surface area (Å²) in [6.45, 7) is 0. The summed E-state index contributed by atoms with van der Waals surface area (Å²) in [5, 5.41) is 9.47. The zero-order valence-corrected chi connectivity index (χ0v) is 11.4. The molecule has 1 aromatic heterocycles. The van der Waals surface area contributed by atoms with Crippen molar-refractivity contribution in [2.24, 2.45) is 7.05 Å². The van der Waals surface area contributed by atoms with Gasteiger partial charge in [0.25, 0.3) is 0 Å². The molecule has 3 aromatic rings. The molecule has 0 spiro atoms. The first-order chi connectivity index (χ1) is 10.3. The number of imidazole rings is 1. The van der Waals surface area contributed by atoms with Gasteiger partial charge in [0.15, 0.2) is 0 Å². The summed E-state index contributed by atoms with van der Waals surface area (Å²) in [5.74, 6) is 0.401. The Labute approximate surface area is 123 Å². The third-order valence-electron chi connectivity index (χ3n) is 3.21. The van der Waals surface area contributed by atoms with E-state index in [1.54, 1.807) is 23.7 Å². The second-order valence-corrected chi connectivity index (χ2v) is 4.74. The summed E-state index contributed by atoms with van der Waals surface area (Å²) < 4.78 is 42.1. The second-order valence-electron chi connectivity index (χ2n) is 4.74. The van der Waals surface area contributed by atoms with Crippen molar-refractivity contribution in [2.45, 2.75) is 6.36 Å². The molecule has 4 nitrogen and oxygen atoms in total. The molecule has 0 aliphatic carbocycles. The first-order valence-corrected chi connectivity index (χ1v) is 6.35. The molecule has 0 aliphatic rings. The van der Waals surface area contributed by atoms with E-state index in [1.807, 2.05) is 0 Å². The van der Waals surface area contributed by atoms with Crippen LogP contribution in [-0.2, 0) is 7.05 Å². The van der Waals surface area contributed by atoms with Crippen LogP contribution in [0.4, 0.5) is 13.2 Å². The number of ether oxygens (including phenoxy) is 1. The largest absolute Gasteiger partial charge is 0.573 e. The molecule has 1 heterocycles. The van der Waals surface area contributed by atoms with Crippen molar-refractivity contribution in [1.82, 2.24) is 9.55 Å². The smallest absolute Gasteiger partial charge is 0.508 e. The van der Waals surface area contributed by atoms with Crippen LogP contribution in [0.1, 0.15) is 0 Å². The van der Waals surface area contributed by atoms with Crippen LogP contribution in [-0.4, -0.2) is 21.0 Å². The molecular formula is C15H11F3N2O2. The maximum absolute atomic E-state index is 12.1. The van der Waals surface area contributed by atoms with E-state index in [9.17, 15) is 18.3 Å². The Bertz CT molecular complexity index is 823. The molecule has 2 aromatic carbocycles. The summed E-state index contributed by atoms with van der Waals surface area (Å²) in [6, 6.07) is 10.3. The molecule has 0 amide bonds. The topological polar surface area (TPSA) is 47.3 Å². The summed E-state index contributed by atoms with van der Waals surface area (Å²) in [7, 11) is 1.79. The van der Waals surface area contributed by atoms with E-state index < -0.39 is 6.36 Å². The lowest BCUT2D eigenvalue weighted by atomic mass is 10.2. The number of benzene rings is 2. The van der Waals surface area contributed by atoms with E-state index in [0.717, 1.165) is 5.52 Å². The number of halogens is 3. The lowest BCUT2D eigenvalue weighted by Gasteiger charge is -2.09. The predicted molar refractivity (Wildman–Crippen MR) is 74.5 cm³/mol. The van der Waals surface area contributed by atoms with Gasteiger partial charge in [-0.2, -0.15) is 0 Å². The Kier molecular flexibility index (Phi) is 3.20. The van der Waals surface area contributed by atoms with Crippen LogP contribution in [0.5, 0.6) is 11.5 Å². The van der Waals surface area contributed by atoms with Gasteiger partial charge >= 0.3 is 6.36 Å². The van der Waals surface area contributed by atoms with Gasteiger partial charge in [-0.05, 0) is 36.4 Å². The number of rotatable bonds is 2. The van der Waals surface area contributed by atoms with Crippen molar-refractivity contribution in [2.75, 3.05) is 0 Å². The first-order valence-electron chi connectivity index (χ1n) is 6.35. The van der Waals surface area contributed by atoms with E-state index in [0.29, 0.717) is 16.9 Å². The van der Waals surface area contributed by atoms with Crippen LogP contribution < -0.4 is 4.74 Å². The Hall–Kier alpha value is -2.70. The molecular weight excluding hydrogens is 297 g/mol. The average molecular weight is 308 g/mol. The molecule has 22 heavy (non-hydrogen) atoms. The summed E-state index contributed by atoms with van der Waals surface area (Å²) >= 11 is 0. The quantitative estimate of drug-likeness (QED) is 0.782. The van der Waals surface area contributed by atoms with E-state index in [2.05, 4.69) is 9.72 Å². The summed E-state index contributed by atoms with van der Waals surface area (Å²) in [4.78, 5) is 4.39. The average Bonchev–Trinajstić information content (AvgIpc) is 2.74. The van der Waals surface area contributed by atoms with Gasteiger partial charge in [0.1, 0.15) is 17.3 Å². The number of fused-ring (bicyclic) bond motifs is 1. The highest BCUT2D eigenvalue weighted by Crippen LogP contribution is 2.28. The Morgan fingerprint density at radius 1 is 1.09 bits per heavy atom. The maximum atomic E-state index is 12.1. The lowest BCUT2D eigenvalue weighted by molar-refractivity contribution is -0.274. The van der Waals surface area contributed by atoms with Crippen molar-refractivity contribution in [3.05, 3.63) is 42.5 Å². The minimum atomic E-state index is -4.71. The summed E-state index contributed by atoms with van der Waals surface area (Å²) in [5.41, 5.74) is 2.06. The van der Waals surface area contributed by atoms with Gasteiger partial charge in [-0.1, -0.05) is 0 Å². The number of aromatic hydroxyl groups is 1. The van der Waals surface area contributed by atoms with Gasteiger partial charge in [0.05, 0.1) is 11.0 Å². The number of aryl methyl sites for hydroxylation is 1. The fraction of sp³-hybridized carbons (Fsp3) is 0.133. The van der Waals surface area contributed by atoms with Crippen LogP contribution in [0, 0.1) is 0 Å². The molecule has 0 aliphatic heterocycles. The van der Waals surface area contributed by atoms with E-state index in [1.165, 1.54) is 30.3 Å². The normalized spacial score (nSPS) is 11.8. The highest BCUT2D eigenvalue weighted by atomic mass is 19.4. The van der Waals surface area contributed by atoms with Gasteiger partial charge in [-0.3, -0.25) is 0 Å². The third-order valence-corrected chi connectivity index (χ3v) is 3.21. The monoisotopic (exact) mass is 308 g/mol. The lowest BCUT2D eigenvalue weighted by Crippen LogP contribution is -2.16. The van der Waals surface area contributed by atoms with Gasteiger partial charge in [-0.25, -0.2) is 4.98 Å². The zero-order valence-electron chi connectivity index (χ0n) is 11.4. The molecule has 0 atom stereocenters. The van der Waals surface area contributed by atoms with Crippen LogP contribution >= 0.6 is 0 Å². The molecule has 0 bridgehead atoms. The van der Waals surface area contributed by atoms with Gasteiger partial charge in [0.2, 0.25) is 0 Å². The third kappa shape index (κ3) is 2.69. The molecule has 0 saturated carbocycles. The van der Waals surface area contributed by atoms with E-state index in [4.69, 9.17) is 0 Å². The number of phenolic OH excluding ortho intramolecular Hbond substituents is 1. The van der Waals surface area contributed by atoms with Crippen LogP contribution in [0.2, 0.25) is 0 Å². The van der Waals surface area contributed by atoms with E-state index >= 15 is 0 Å². The zero-order chi connectivity index (χ0) is 15.9. The number of hydrogen-bond donors (Lipinski definition) is 1. The Balaban J connectivity index is 1.99. The van der Waals surface area contributed by atoms with Gasteiger partial charge < -0.3 is 14.4 Å². The predicted octanol–water partition coefficient (Wildman–Crippen LogP) is 3.84. The second kappa shape index (κ2) is 4.94. The number of aromatic nitrogens is 2. The standard InChI is InChI=1S/C15H11F3N2O2/c1-20-13-7-4-10(21)8-12(13)19-14(20)9-2-5-11(6-3-9)22-15(16,17)18/h2-8,21H,1H3. The number of phenols is 1. The molecule has 7 heteroatoms. The fourth-order valence-electron chi connectivity index (χ4n) is 2.25. The molecule has 0 radical (unpaired) electrons. The molecule has 0 unspecified atom stereocenters. The van der Waals surface area contributed by atoms with Crippen molar-refractivity contribution in [3.63, 3.8) is 0 Å². The maximum Gasteiger partial charge on any atom is 0.573 e. The molecule has 114 valence electrons. The minimum absolute atomic E-state index is 0.103. The van der Waals surface area contributed by atoms with Crippen molar-refractivity contribution in [3.8, 4) is 22.9 Å². The minimum Gasteiger partial charge on any atom is -0.508 e. The molecule has 0 fully saturated rings. The SMILES string of the molecule is Cn1c(-c2ccc(OC(F)(F)F)cc2)nc2cc(O)ccc21. The Morgan fingerprint density at radius 2 is 1.77 bits per heavy atom. The number of hydrogen-bond acceptors (Lipinski definition) is 3. The highest BCUT2D eigenvalue weighted by molar-refractivity contribution is 5.81.